The summed E-state index contributed by atoms with van der Waals surface area (Å²) < 4.78 is 5.76. The molecule has 0 radical (unpaired) electrons. The van der Waals surface area contributed by atoms with E-state index in [1.165, 1.54) is 0 Å². The monoisotopic (exact) mass is 291 g/mol. The van der Waals surface area contributed by atoms with E-state index in [1.54, 1.807) is 18.2 Å². The van der Waals surface area contributed by atoms with Crippen molar-refractivity contribution in [1.82, 2.24) is 9.97 Å². The number of aryl methyl sites for hydroxylation is 1. The largest absolute Gasteiger partial charge is 0.439 e. The van der Waals surface area contributed by atoms with Gasteiger partial charge in [-0.25, -0.2) is 4.98 Å². The lowest BCUT2D eigenvalue weighted by molar-refractivity contribution is 0.458. The SMILES string of the molecule is CCCc1nc(NCC)cc(Oc2cccc(Cl)c2)n1. The molecule has 1 aromatic carbocycles. The average Bonchev–Trinajstić information content (AvgIpc) is 2.39. The second kappa shape index (κ2) is 7.10. The second-order valence-electron chi connectivity index (χ2n) is 4.35. The summed E-state index contributed by atoms with van der Waals surface area (Å²) in [6.45, 7) is 4.93. The van der Waals surface area contributed by atoms with Gasteiger partial charge in [0.25, 0.3) is 0 Å². The number of benzene rings is 1. The van der Waals surface area contributed by atoms with Gasteiger partial charge >= 0.3 is 0 Å². The predicted octanol–water partition coefficient (Wildman–Crippen LogP) is 4.31. The number of rotatable bonds is 6. The highest BCUT2D eigenvalue weighted by molar-refractivity contribution is 6.30. The fourth-order valence-corrected chi connectivity index (χ4v) is 1.96. The van der Waals surface area contributed by atoms with E-state index < -0.39 is 0 Å². The molecule has 0 aliphatic rings. The maximum Gasteiger partial charge on any atom is 0.224 e. The standard InChI is InChI=1S/C15H18ClN3O/c1-3-6-13-18-14(17-4-2)10-15(19-13)20-12-8-5-7-11(16)9-12/h5,7-10H,3-4,6H2,1-2H3,(H,17,18,19). The van der Waals surface area contributed by atoms with Crippen LogP contribution in [0.4, 0.5) is 5.82 Å². The van der Waals surface area contributed by atoms with Crippen LogP contribution >= 0.6 is 11.6 Å². The average molecular weight is 292 g/mol. The summed E-state index contributed by atoms with van der Waals surface area (Å²) in [5.74, 6) is 2.76. The van der Waals surface area contributed by atoms with Crippen LogP contribution in [0.5, 0.6) is 11.6 Å². The zero-order valence-corrected chi connectivity index (χ0v) is 12.4. The van der Waals surface area contributed by atoms with Crippen molar-refractivity contribution in [3.63, 3.8) is 0 Å². The molecule has 20 heavy (non-hydrogen) atoms. The van der Waals surface area contributed by atoms with Gasteiger partial charge in [-0.1, -0.05) is 24.6 Å². The predicted molar refractivity (Wildman–Crippen MR) is 81.7 cm³/mol. The molecule has 2 rings (SSSR count). The number of hydrogen-bond donors (Lipinski definition) is 1. The summed E-state index contributed by atoms with van der Waals surface area (Å²) in [5.41, 5.74) is 0. The van der Waals surface area contributed by atoms with Gasteiger partial charge in [0.05, 0.1) is 0 Å². The minimum atomic E-state index is 0.529. The Hall–Kier alpha value is -1.81. The third kappa shape index (κ3) is 4.10. The van der Waals surface area contributed by atoms with Gasteiger partial charge in [-0.15, -0.1) is 0 Å². The molecule has 0 saturated carbocycles. The fourth-order valence-electron chi connectivity index (χ4n) is 1.78. The molecule has 1 heterocycles. The van der Waals surface area contributed by atoms with Gasteiger partial charge in [-0.2, -0.15) is 4.98 Å². The van der Waals surface area contributed by atoms with Gasteiger partial charge < -0.3 is 10.1 Å². The molecule has 1 aromatic heterocycles. The summed E-state index contributed by atoms with van der Waals surface area (Å²) in [7, 11) is 0. The number of aromatic nitrogens is 2. The topological polar surface area (TPSA) is 47.0 Å². The van der Waals surface area contributed by atoms with Gasteiger partial charge in [-0.05, 0) is 31.5 Å². The van der Waals surface area contributed by atoms with Gasteiger partial charge in [-0.3, -0.25) is 0 Å². The molecule has 0 fully saturated rings. The summed E-state index contributed by atoms with van der Waals surface area (Å²) >= 11 is 5.95. The first-order valence-corrected chi connectivity index (χ1v) is 7.14. The van der Waals surface area contributed by atoms with E-state index in [1.807, 2.05) is 19.1 Å². The number of nitrogens with one attached hydrogen (secondary N) is 1. The molecular weight excluding hydrogens is 274 g/mol. The van der Waals surface area contributed by atoms with E-state index in [0.29, 0.717) is 16.7 Å². The fraction of sp³-hybridized carbons (Fsp3) is 0.333. The lowest BCUT2D eigenvalue weighted by Gasteiger charge is -2.09. The summed E-state index contributed by atoms with van der Waals surface area (Å²) in [6.07, 6.45) is 1.82. The van der Waals surface area contributed by atoms with Crippen molar-refractivity contribution in [3.05, 3.63) is 41.2 Å². The van der Waals surface area contributed by atoms with Crippen LogP contribution in [-0.4, -0.2) is 16.5 Å². The molecule has 4 nitrogen and oxygen atoms in total. The Kier molecular flexibility index (Phi) is 5.18. The molecule has 2 aromatic rings. The highest BCUT2D eigenvalue weighted by Gasteiger charge is 2.06. The number of ether oxygens (including phenoxy) is 1. The number of hydrogen-bond acceptors (Lipinski definition) is 4. The van der Waals surface area contributed by atoms with E-state index >= 15 is 0 Å². The van der Waals surface area contributed by atoms with Gasteiger partial charge in [0.2, 0.25) is 5.88 Å². The smallest absolute Gasteiger partial charge is 0.224 e. The lowest BCUT2D eigenvalue weighted by atomic mass is 10.3. The second-order valence-corrected chi connectivity index (χ2v) is 4.78. The molecule has 0 spiro atoms. The minimum absolute atomic E-state index is 0.529. The molecule has 0 aliphatic heterocycles. The normalized spacial score (nSPS) is 10.3. The molecule has 0 amide bonds. The zero-order chi connectivity index (χ0) is 14.4. The van der Waals surface area contributed by atoms with E-state index in [4.69, 9.17) is 16.3 Å². The van der Waals surface area contributed by atoms with Crippen molar-refractivity contribution < 1.29 is 4.74 Å². The Labute approximate surface area is 124 Å². The zero-order valence-electron chi connectivity index (χ0n) is 11.7. The van der Waals surface area contributed by atoms with Crippen LogP contribution in [0.25, 0.3) is 0 Å². The number of halogens is 1. The summed E-state index contributed by atoms with van der Waals surface area (Å²) in [6, 6.07) is 9.05. The first-order chi connectivity index (χ1) is 9.71. The molecule has 0 atom stereocenters. The van der Waals surface area contributed by atoms with Gasteiger partial charge in [0.15, 0.2) is 0 Å². The van der Waals surface area contributed by atoms with E-state index in [0.717, 1.165) is 31.0 Å². The van der Waals surface area contributed by atoms with Crippen molar-refractivity contribution >= 4 is 17.4 Å². The molecule has 5 heteroatoms. The van der Waals surface area contributed by atoms with Gasteiger partial charge in [0.1, 0.15) is 17.4 Å². The molecule has 0 unspecified atom stereocenters. The van der Waals surface area contributed by atoms with E-state index in [9.17, 15) is 0 Å². The minimum Gasteiger partial charge on any atom is -0.439 e. The Morgan fingerprint density at radius 1 is 1.20 bits per heavy atom. The Morgan fingerprint density at radius 2 is 2.05 bits per heavy atom. The Balaban J connectivity index is 2.25. The van der Waals surface area contributed by atoms with Crippen molar-refractivity contribution in [3.8, 4) is 11.6 Å². The molecule has 0 saturated heterocycles. The van der Waals surface area contributed by atoms with Crippen molar-refractivity contribution in [1.29, 1.82) is 0 Å². The summed E-state index contributed by atoms with van der Waals surface area (Å²) in [4.78, 5) is 8.86. The first-order valence-electron chi connectivity index (χ1n) is 6.76. The molecule has 106 valence electrons. The third-order valence-electron chi connectivity index (χ3n) is 2.60. The molecule has 1 N–H and O–H groups in total. The molecule has 0 bridgehead atoms. The van der Waals surface area contributed by atoms with E-state index in [2.05, 4.69) is 22.2 Å². The maximum absolute atomic E-state index is 5.95. The highest BCUT2D eigenvalue weighted by atomic mass is 35.5. The molecule has 0 aliphatic carbocycles. The van der Waals surface area contributed by atoms with Crippen molar-refractivity contribution in [2.24, 2.45) is 0 Å². The van der Waals surface area contributed by atoms with Crippen LogP contribution in [-0.2, 0) is 6.42 Å². The first kappa shape index (κ1) is 14.6. The third-order valence-corrected chi connectivity index (χ3v) is 2.83. The van der Waals surface area contributed by atoms with Crippen LogP contribution < -0.4 is 10.1 Å². The van der Waals surface area contributed by atoms with Crippen LogP contribution in [0, 0.1) is 0 Å². The van der Waals surface area contributed by atoms with Crippen LogP contribution in [0.3, 0.4) is 0 Å². The summed E-state index contributed by atoms with van der Waals surface area (Å²) in [5, 5.41) is 3.82. The Morgan fingerprint density at radius 3 is 2.75 bits per heavy atom. The number of nitrogens with zero attached hydrogens (tertiary/aromatic N) is 2. The van der Waals surface area contributed by atoms with Crippen molar-refractivity contribution in [2.45, 2.75) is 26.7 Å². The quantitative estimate of drug-likeness (QED) is 0.861. The van der Waals surface area contributed by atoms with Gasteiger partial charge in [0, 0.05) is 24.1 Å². The number of anilines is 1. The van der Waals surface area contributed by atoms with Crippen molar-refractivity contribution in [2.75, 3.05) is 11.9 Å². The maximum atomic E-state index is 5.95. The van der Waals surface area contributed by atoms with E-state index in [-0.39, 0.29) is 0 Å². The van der Waals surface area contributed by atoms with Crippen LogP contribution in [0.15, 0.2) is 30.3 Å². The highest BCUT2D eigenvalue weighted by Crippen LogP contribution is 2.24. The van der Waals surface area contributed by atoms with Crippen LogP contribution in [0.2, 0.25) is 5.02 Å². The van der Waals surface area contributed by atoms with Crippen LogP contribution in [0.1, 0.15) is 26.1 Å². The lowest BCUT2D eigenvalue weighted by Crippen LogP contribution is -2.04. The Bertz CT molecular complexity index is 551. The molecular formula is C15H18ClN3O.